The smallest absolute Gasteiger partial charge is 0.225 e. The molecule has 94 valence electrons. The van der Waals surface area contributed by atoms with E-state index in [-0.39, 0.29) is 5.95 Å². The highest BCUT2D eigenvalue weighted by Gasteiger charge is 2.05. The van der Waals surface area contributed by atoms with Crippen molar-refractivity contribution >= 4 is 17.5 Å². The Labute approximate surface area is 106 Å². The first-order valence-corrected chi connectivity index (χ1v) is 5.76. The lowest BCUT2D eigenvalue weighted by atomic mass is 10.1. The first-order chi connectivity index (χ1) is 8.72. The van der Waals surface area contributed by atoms with Crippen LogP contribution < -0.4 is 15.8 Å². The highest BCUT2D eigenvalue weighted by Crippen LogP contribution is 2.22. The number of rotatable bonds is 4. The van der Waals surface area contributed by atoms with E-state index in [1.165, 1.54) is 5.56 Å². The number of nitrogens with zero attached hydrogens (tertiary/aromatic N) is 2. The summed E-state index contributed by atoms with van der Waals surface area (Å²) in [4.78, 5) is 8.07. The normalized spacial score (nSPS) is 10.1. The van der Waals surface area contributed by atoms with Crippen molar-refractivity contribution < 1.29 is 4.74 Å². The van der Waals surface area contributed by atoms with Crippen LogP contribution in [0.25, 0.3) is 0 Å². The van der Waals surface area contributed by atoms with Crippen LogP contribution in [0, 0.1) is 0 Å². The van der Waals surface area contributed by atoms with Crippen LogP contribution in [-0.4, -0.2) is 17.1 Å². The summed E-state index contributed by atoms with van der Waals surface area (Å²) in [7, 11) is 1.55. The molecule has 0 spiro atoms. The summed E-state index contributed by atoms with van der Waals surface area (Å²) >= 11 is 0. The Balaban J connectivity index is 2.30. The average molecular weight is 244 g/mol. The first-order valence-electron chi connectivity index (χ1n) is 5.76. The second-order valence-corrected chi connectivity index (χ2v) is 3.79. The minimum Gasteiger partial charge on any atom is -0.481 e. The van der Waals surface area contributed by atoms with Crippen LogP contribution in [0.5, 0.6) is 5.88 Å². The number of nitrogens with one attached hydrogen (secondary N) is 1. The summed E-state index contributed by atoms with van der Waals surface area (Å²) in [6.45, 7) is 2.11. The van der Waals surface area contributed by atoms with Crippen LogP contribution in [0.1, 0.15) is 12.5 Å². The van der Waals surface area contributed by atoms with Crippen molar-refractivity contribution in [2.75, 3.05) is 18.2 Å². The predicted octanol–water partition coefficient (Wildman–Crippen LogP) is 2.37. The van der Waals surface area contributed by atoms with Gasteiger partial charge in [-0.3, -0.25) is 0 Å². The highest BCUT2D eigenvalue weighted by atomic mass is 16.5. The number of nitrogen functional groups attached to an aromatic ring is 1. The molecular weight excluding hydrogens is 228 g/mol. The van der Waals surface area contributed by atoms with E-state index in [1.807, 2.05) is 18.2 Å². The van der Waals surface area contributed by atoms with Crippen molar-refractivity contribution in [1.29, 1.82) is 0 Å². The van der Waals surface area contributed by atoms with Gasteiger partial charge in [0.05, 0.1) is 7.11 Å². The Bertz CT molecular complexity index is 542. The van der Waals surface area contributed by atoms with Gasteiger partial charge in [0.2, 0.25) is 11.8 Å². The number of hydrogen-bond acceptors (Lipinski definition) is 5. The maximum atomic E-state index is 5.62. The zero-order valence-corrected chi connectivity index (χ0v) is 10.5. The zero-order chi connectivity index (χ0) is 13.0. The number of anilines is 3. The largest absolute Gasteiger partial charge is 0.481 e. The molecule has 0 unspecified atom stereocenters. The van der Waals surface area contributed by atoms with Gasteiger partial charge in [0, 0.05) is 11.8 Å². The molecule has 0 bridgehead atoms. The van der Waals surface area contributed by atoms with Gasteiger partial charge in [-0.1, -0.05) is 25.1 Å². The fraction of sp³-hybridized carbons (Fsp3) is 0.231. The summed E-state index contributed by atoms with van der Waals surface area (Å²) in [5, 5.41) is 3.23. The molecule has 2 rings (SSSR count). The van der Waals surface area contributed by atoms with Gasteiger partial charge in [0.1, 0.15) is 5.82 Å². The van der Waals surface area contributed by atoms with Crippen molar-refractivity contribution in [3.05, 3.63) is 35.9 Å². The number of para-hydroxylation sites is 1. The third-order valence-corrected chi connectivity index (χ3v) is 2.59. The molecule has 0 amide bonds. The van der Waals surface area contributed by atoms with E-state index in [4.69, 9.17) is 10.5 Å². The number of hydrogen-bond donors (Lipinski definition) is 2. The van der Waals surface area contributed by atoms with Gasteiger partial charge in [-0.15, -0.1) is 0 Å². The third-order valence-electron chi connectivity index (χ3n) is 2.59. The summed E-state index contributed by atoms with van der Waals surface area (Å²) < 4.78 is 5.06. The Hall–Kier alpha value is -2.30. The van der Waals surface area contributed by atoms with Crippen LogP contribution in [0.2, 0.25) is 0 Å². The number of benzene rings is 1. The molecule has 3 N–H and O–H groups in total. The molecule has 5 heteroatoms. The van der Waals surface area contributed by atoms with Crippen LogP contribution >= 0.6 is 0 Å². The molecule has 2 aromatic rings. The predicted molar refractivity (Wildman–Crippen MR) is 72.1 cm³/mol. The summed E-state index contributed by atoms with van der Waals surface area (Å²) in [6.07, 6.45) is 0.945. The number of aromatic nitrogens is 2. The van der Waals surface area contributed by atoms with Crippen LogP contribution in [0.15, 0.2) is 30.3 Å². The summed E-state index contributed by atoms with van der Waals surface area (Å²) in [5.74, 6) is 1.25. The van der Waals surface area contributed by atoms with Gasteiger partial charge in [-0.25, -0.2) is 0 Å². The maximum Gasteiger partial charge on any atom is 0.225 e. The summed E-state index contributed by atoms with van der Waals surface area (Å²) in [6, 6.07) is 9.78. The minimum atomic E-state index is 0.186. The van der Waals surface area contributed by atoms with Crippen molar-refractivity contribution in [3.63, 3.8) is 0 Å². The quantitative estimate of drug-likeness (QED) is 0.863. The van der Waals surface area contributed by atoms with Crippen LogP contribution in [0.4, 0.5) is 17.5 Å². The molecule has 0 saturated heterocycles. The molecule has 0 aliphatic carbocycles. The van der Waals surface area contributed by atoms with Crippen LogP contribution in [-0.2, 0) is 6.42 Å². The topological polar surface area (TPSA) is 73.1 Å². The second-order valence-electron chi connectivity index (χ2n) is 3.79. The Morgan fingerprint density at radius 3 is 2.78 bits per heavy atom. The minimum absolute atomic E-state index is 0.186. The molecule has 1 aromatic carbocycles. The molecule has 0 radical (unpaired) electrons. The van der Waals surface area contributed by atoms with E-state index >= 15 is 0 Å². The molecule has 5 nitrogen and oxygen atoms in total. The fourth-order valence-electron chi connectivity index (χ4n) is 1.70. The standard InChI is InChI=1S/C13H16N4O/c1-3-9-6-4-5-7-10(9)15-11-8-12(18-2)17-13(14)16-11/h4-8H,3H2,1-2H3,(H3,14,15,16,17). The molecule has 18 heavy (non-hydrogen) atoms. The molecule has 0 saturated carbocycles. The number of aryl methyl sites for hydroxylation is 1. The van der Waals surface area contributed by atoms with Crippen molar-refractivity contribution in [3.8, 4) is 5.88 Å². The van der Waals surface area contributed by atoms with Gasteiger partial charge in [-0.2, -0.15) is 9.97 Å². The van der Waals surface area contributed by atoms with Crippen molar-refractivity contribution in [1.82, 2.24) is 9.97 Å². The third kappa shape index (κ3) is 2.68. The molecule has 1 heterocycles. The zero-order valence-electron chi connectivity index (χ0n) is 10.5. The first kappa shape index (κ1) is 12.2. The molecule has 0 aliphatic heterocycles. The molecule has 0 aliphatic rings. The average Bonchev–Trinajstić information content (AvgIpc) is 2.38. The van der Waals surface area contributed by atoms with E-state index in [2.05, 4.69) is 28.3 Å². The second kappa shape index (κ2) is 5.35. The van der Waals surface area contributed by atoms with Gasteiger partial charge in [0.25, 0.3) is 0 Å². The highest BCUT2D eigenvalue weighted by molar-refractivity contribution is 5.61. The number of ether oxygens (including phenoxy) is 1. The lowest BCUT2D eigenvalue weighted by Gasteiger charge is -2.11. The Kier molecular flexibility index (Phi) is 3.62. The van der Waals surface area contributed by atoms with Gasteiger partial charge < -0.3 is 15.8 Å². The number of methoxy groups -OCH3 is 1. The van der Waals surface area contributed by atoms with E-state index in [0.29, 0.717) is 11.7 Å². The molecule has 0 fully saturated rings. The number of nitrogens with two attached hydrogens (primary N) is 1. The SMILES string of the molecule is CCc1ccccc1Nc1cc(OC)nc(N)n1. The van der Waals surface area contributed by atoms with E-state index in [1.54, 1.807) is 13.2 Å². The maximum absolute atomic E-state index is 5.62. The van der Waals surface area contributed by atoms with E-state index in [0.717, 1.165) is 12.1 Å². The van der Waals surface area contributed by atoms with Crippen molar-refractivity contribution in [2.24, 2.45) is 0 Å². The van der Waals surface area contributed by atoms with E-state index < -0.39 is 0 Å². The Morgan fingerprint density at radius 2 is 2.06 bits per heavy atom. The Morgan fingerprint density at radius 1 is 1.28 bits per heavy atom. The van der Waals surface area contributed by atoms with Gasteiger partial charge in [0.15, 0.2) is 0 Å². The molecular formula is C13H16N4O. The fourth-order valence-corrected chi connectivity index (χ4v) is 1.70. The van der Waals surface area contributed by atoms with Gasteiger partial charge >= 0.3 is 0 Å². The van der Waals surface area contributed by atoms with Crippen LogP contribution in [0.3, 0.4) is 0 Å². The van der Waals surface area contributed by atoms with Crippen molar-refractivity contribution in [2.45, 2.75) is 13.3 Å². The van der Waals surface area contributed by atoms with E-state index in [9.17, 15) is 0 Å². The molecule has 1 aromatic heterocycles. The van der Waals surface area contributed by atoms with Gasteiger partial charge in [-0.05, 0) is 18.1 Å². The lowest BCUT2D eigenvalue weighted by molar-refractivity contribution is 0.398. The summed E-state index contributed by atoms with van der Waals surface area (Å²) in [5.41, 5.74) is 7.85. The molecule has 0 atom stereocenters. The monoisotopic (exact) mass is 244 g/mol. The lowest BCUT2D eigenvalue weighted by Crippen LogP contribution is -2.03.